The molecule has 0 spiro atoms. The molecule has 0 radical (unpaired) electrons. The fourth-order valence-electron chi connectivity index (χ4n) is 2.50. The minimum absolute atomic E-state index is 0.406. The summed E-state index contributed by atoms with van der Waals surface area (Å²) in [6.07, 6.45) is 1.08. The van der Waals surface area contributed by atoms with Crippen LogP contribution in [-0.4, -0.2) is 19.0 Å². The summed E-state index contributed by atoms with van der Waals surface area (Å²) >= 11 is 0. The Kier molecular flexibility index (Phi) is 6.57. The Morgan fingerprint density at radius 1 is 0.960 bits per heavy atom. The minimum atomic E-state index is -0.659. The zero-order chi connectivity index (χ0) is 18.2. The zero-order valence-corrected chi connectivity index (χ0v) is 14.9. The lowest BCUT2D eigenvalue weighted by molar-refractivity contribution is -0.120. The normalized spacial score (nSPS) is 12.8. The van der Waals surface area contributed by atoms with E-state index in [1.165, 1.54) is 12.6 Å². The first-order valence-corrected chi connectivity index (χ1v) is 8.49. The largest absolute Gasteiger partial charge is 0.370 e. The lowest BCUT2D eigenvalue weighted by Gasteiger charge is -2.20. The van der Waals surface area contributed by atoms with Crippen molar-refractivity contribution < 1.29 is 9.59 Å². The molecule has 2 atom stereocenters. The van der Waals surface area contributed by atoms with Crippen LogP contribution < -0.4 is 16.0 Å². The van der Waals surface area contributed by atoms with Gasteiger partial charge in [-0.2, -0.15) is 0 Å². The molecule has 2 aromatic carbocycles. The highest BCUT2D eigenvalue weighted by atomic mass is 16.2. The van der Waals surface area contributed by atoms with Gasteiger partial charge >= 0.3 is 6.03 Å². The van der Waals surface area contributed by atoms with Crippen LogP contribution >= 0.6 is 0 Å². The first kappa shape index (κ1) is 18.5. The molecular weight excluding hydrogens is 314 g/mol. The van der Waals surface area contributed by atoms with E-state index in [-0.39, 0.29) is 0 Å². The van der Waals surface area contributed by atoms with Gasteiger partial charge in [0.1, 0.15) is 6.04 Å². The minimum Gasteiger partial charge on any atom is -0.370 e. The van der Waals surface area contributed by atoms with Crippen LogP contribution in [0.25, 0.3) is 0 Å². The summed E-state index contributed by atoms with van der Waals surface area (Å²) < 4.78 is 0. The predicted octanol–water partition coefficient (Wildman–Crippen LogP) is 3.81. The van der Waals surface area contributed by atoms with Crippen LogP contribution in [-0.2, 0) is 4.79 Å². The molecule has 0 aliphatic heterocycles. The molecule has 0 aliphatic carbocycles. The van der Waals surface area contributed by atoms with Crippen molar-refractivity contribution in [1.82, 2.24) is 10.6 Å². The third-order valence-corrected chi connectivity index (χ3v) is 4.26. The van der Waals surface area contributed by atoms with Crippen molar-refractivity contribution in [2.45, 2.75) is 32.2 Å². The van der Waals surface area contributed by atoms with Crippen molar-refractivity contribution in [3.05, 3.63) is 65.7 Å². The van der Waals surface area contributed by atoms with E-state index in [4.69, 9.17) is 0 Å². The number of carbonyl (C=O) groups is 2. The maximum absolute atomic E-state index is 12.5. The van der Waals surface area contributed by atoms with Gasteiger partial charge < -0.3 is 10.6 Å². The number of amides is 3. The average molecular weight is 339 g/mol. The molecule has 2 aromatic rings. The highest BCUT2D eigenvalue weighted by Gasteiger charge is 2.22. The summed E-state index contributed by atoms with van der Waals surface area (Å²) in [7, 11) is 1.47. The monoisotopic (exact) mass is 339 g/mol. The van der Waals surface area contributed by atoms with E-state index < -0.39 is 18.0 Å². The SMILES string of the molecule is CC[C@@H](C)c1ccc(N[C@@H](C(=O)NC(=O)NC)c2ccccc2)cc1. The topological polar surface area (TPSA) is 70.2 Å². The van der Waals surface area contributed by atoms with E-state index in [1.54, 1.807) is 0 Å². The molecular formula is C20H25N3O2. The fourth-order valence-corrected chi connectivity index (χ4v) is 2.50. The van der Waals surface area contributed by atoms with Crippen LogP contribution in [0, 0.1) is 0 Å². The van der Waals surface area contributed by atoms with Gasteiger partial charge in [0.15, 0.2) is 0 Å². The predicted molar refractivity (Wildman–Crippen MR) is 101 cm³/mol. The number of urea groups is 1. The fraction of sp³-hybridized carbons (Fsp3) is 0.300. The summed E-state index contributed by atoms with van der Waals surface area (Å²) in [5, 5.41) is 7.95. The van der Waals surface area contributed by atoms with E-state index in [9.17, 15) is 9.59 Å². The Balaban J connectivity index is 2.21. The Morgan fingerprint density at radius 2 is 1.60 bits per heavy atom. The molecule has 0 saturated heterocycles. The maximum Gasteiger partial charge on any atom is 0.321 e. The van der Waals surface area contributed by atoms with Crippen molar-refractivity contribution >= 4 is 17.6 Å². The number of nitrogens with one attached hydrogen (secondary N) is 3. The van der Waals surface area contributed by atoms with Gasteiger partial charge in [0.2, 0.25) is 0 Å². The second-order valence-electron chi connectivity index (χ2n) is 5.99. The number of rotatable bonds is 6. The quantitative estimate of drug-likeness (QED) is 0.749. The molecule has 2 rings (SSSR count). The van der Waals surface area contributed by atoms with Gasteiger partial charge in [-0.1, -0.05) is 56.3 Å². The standard InChI is InChI=1S/C20H25N3O2/c1-4-14(2)15-10-12-17(13-11-15)22-18(16-8-6-5-7-9-16)19(24)23-20(25)21-3/h5-14,18,22H,4H2,1-3H3,(H2,21,23,24,25)/t14-,18-/m1/s1. The number of hydrogen-bond acceptors (Lipinski definition) is 3. The molecule has 25 heavy (non-hydrogen) atoms. The molecule has 0 aliphatic rings. The number of imide groups is 1. The Hall–Kier alpha value is -2.82. The molecule has 0 bridgehead atoms. The summed E-state index contributed by atoms with van der Waals surface area (Å²) in [6.45, 7) is 4.34. The van der Waals surface area contributed by atoms with E-state index >= 15 is 0 Å². The van der Waals surface area contributed by atoms with Gasteiger partial charge in [-0.05, 0) is 35.6 Å². The van der Waals surface area contributed by atoms with Crippen LogP contribution in [0.15, 0.2) is 54.6 Å². The van der Waals surface area contributed by atoms with Crippen molar-refractivity contribution in [3.63, 3.8) is 0 Å². The molecule has 0 saturated carbocycles. The van der Waals surface area contributed by atoms with E-state index in [2.05, 4.69) is 41.9 Å². The molecule has 0 aromatic heterocycles. The highest BCUT2D eigenvalue weighted by Crippen LogP contribution is 2.24. The summed E-state index contributed by atoms with van der Waals surface area (Å²) in [6, 6.07) is 16.2. The van der Waals surface area contributed by atoms with Gasteiger partial charge in [-0.15, -0.1) is 0 Å². The lowest BCUT2D eigenvalue weighted by atomic mass is 9.98. The van der Waals surface area contributed by atoms with Crippen LogP contribution in [0.2, 0.25) is 0 Å². The van der Waals surface area contributed by atoms with Crippen LogP contribution in [0.3, 0.4) is 0 Å². The van der Waals surface area contributed by atoms with E-state index in [0.29, 0.717) is 5.92 Å². The highest BCUT2D eigenvalue weighted by molar-refractivity contribution is 5.98. The number of anilines is 1. The second-order valence-corrected chi connectivity index (χ2v) is 5.99. The molecule has 0 heterocycles. The van der Waals surface area contributed by atoms with Gasteiger partial charge in [-0.25, -0.2) is 4.79 Å². The van der Waals surface area contributed by atoms with Gasteiger partial charge in [0.25, 0.3) is 5.91 Å². The average Bonchev–Trinajstić information content (AvgIpc) is 2.66. The van der Waals surface area contributed by atoms with Gasteiger partial charge in [0.05, 0.1) is 0 Å². The molecule has 0 unspecified atom stereocenters. The smallest absolute Gasteiger partial charge is 0.321 e. The third kappa shape index (κ3) is 5.08. The van der Waals surface area contributed by atoms with Crippen LogP contribution in [0.5, 0.6) is 0 Å². The molecule has 132 valence electrons. The van der Waals surface area contributed by atoms with Crippen molar-refractivity contribution in [1.29, 1.82) is 0 Å². The number of hydrogen-bond donors (Lipinski definition) is 3. The summed E-state index contributed by atoms with van der Waals surface area (Å²) in [4.78, 5) is 24.0. The molecule has 5 nitrogen and oxygen atoms in total. The number of benzene rings is 2. The molecule has 0 fully saturated rings. The molecule has 3 N–H and O–H groups in total. The Labute approximate surface area is 148 Å². The molecule has 3 amide bonds. The second kappa shape index (κ2) is 8.87. The number of carbonyl (C=O) groups excluding carboxylic acids is 2. The van der Waals surface area contributed by atoms with Gasteiger partial charge in [-0.3, -0.25) is 10.1 Å². The Bertz CT molecular complexity index is 699. The first-order valence-electron chi connectivity index (χ1n) is 8.49. The van der Waals surface area contributed by atoms with Crippen molar-refractivity contribution in [3.8, 4) is 0 Å². The van der Waals surface area contributed by atoms with Crippen LogP contribution in [0.4, 0.5) is 10.5 Å². The van der Waals surface area contributed by atoms with E-state index in [1.807, 2.05) is 42.5 Å². The zero-order valence-electron chi connectivity index (χ0n) is 14.9. The van der Waals surface area contributed by atoms with E-state index in [0.717, 1.165) is 17.7 Å². The summed E-state index contributed by atoms with van der Waals surface area (Å²) in [5.74, 6) is 0.0899. The van der Waals surface area contributed by atoms with Crippen LogP contribution in [0.1, 0.15) is 43.4 Å². The van der Waals surface area contributed by atoms with Crippen molar-refractivity contribution in [2.24, 2.45) is 0 Å². The Morgan fingerprint density at radius 3 is 2.16 bits per heavy atom. The third-order valence-electron chi connectivity index (χ3n) is 4.26. The van der Waals surface area contributed by atoms with Crippen molar-refractivity contribution in [2.75, 3.05) is 12.4 Å². The summed E-state index contributed by atoms with van der Waals surface area (Å²) in [5.41, 5.74) is 2.88. The lowest BCUT2D eigenvalue weighted by Crippen LogP contribution is -2.42. The maximum atomic E-state index is 12.5. The first-order chi connectivity index (χ1) is 12.0. The molecule has 5 heteroatoms. The van der Waals surface area contributed by atoms with Gasteiger partial charge in [0, 0.05) is 12.7 Å².